The van der Waals surface area contributed by atoms with E-state index in [9.17, 15) is 29.3 Å². The van der Waals surface area contributed by atoms with Crippen LogP contribution in [-0.2, 0) is 35.7 Å². The molecule has 10 rings (SSSR count). The SMILES string of the molecule is CC(C)(C)OC(=O)N(Cc1ccc2c(c1)OCCO2)C1CCN(CCn2c(=O)ccc3c(N)cccc32)CC1.CC(C)(C)OC(=O)N(Cc1ccc2c(c1)OCCO2)C1CCN(CCn2c(=O)ccc3c([N+](=O)[O-])cccc32)CC1. The van der Waals surface area contributed by atoms with E-state index in [-0.39, 0.29) is 41.1 Å². The molecule has 0 aliphatic carbocycles. The number of carbonyl (C=O) groups excluding carboxylic acids is 2. The summed E-state index contributed by atoms with van der Waals surface area (Å²) in [7, 11) is 0. The van der Waals surface area contributed by atoms with Crippen molar-refractivity contribution in [2.45, 2.75) is 117 Å². The number of rotatable bonds is 13. The molecule has 6 heterocycles. The number of carbonyl (C=O) groups is 2. The highest BCUT2D eigenvalue weighted by atomic mass is 16.6. The van der Waals surface area contributed by atoms with Crippen LogP contribution in [0.15, 0.2) is 107 Å². The summed E-state index contributed by atoms with van der Waals surface area (Å²) < 4.78 is 37.8. The molecule has 0 atom stereocenters. The second kappa shape index (κ2) is 24.7. The molecule has 0 unspecified atom stereocenters. The standard InChI is InChI=1S/C30H36N4O7.C30H38N4O5/c1-30(2,3)41-29(36)33(20-21-7-9-26-27(19-21)40-18-17-39-26)22-11-13-31(14-12-22)15-16-32-24-5-4-6-25(34(37)38)23(24)8-10-28(32)35;1-30(2,3)39-29(36)34(20-21-7-9-26-27(19-21)38-18-17-37-26)22-11-13-32(14-12-22)15-16-33-25-6-4-5-24(31)23(25)8-10-28(33)35/h4-10,19,22H,11-18,20H2,1-3H3;4-10,19,22H,11-18,20,31H2,1-3H3. The van der Waals surface area contributed by atoms with Gasteiger partial charge in [-0.25, -0.2) is 9.59 Å². The minimum atomic E-state index is -0.621. The van der Waals surface area contributed by atoms with Crippen LogP contribution in [0.4, 0.5) is 21.0 Å². The van der Waals surface area contributed by atoms with E-state index in [1.807, 2.05) is 106 Å². The van der Waals surface area contributed by atoms with E-state index in [0.29, 0.717) is 93.0 Å². The Morgan fingerprint density at radius 1 is 0.575 bits per heavy atom. The van der Waals surface area contributed by atoms with E-state index < -0.39 is 16.1 Å². The van der Waals surface area contributed by atoms with Gasteiger partial charge in [-0.05, 0) is 133 Å². The summed E-state index contributed by atoms with van der Waals surface area (Å²) in [4.78, 5) is 71.3. The van der Waals surface area contributed by atoms with Crippen LogP contribution in [0.5, 0.6) is 23.0 Å². The van der Waals surface area contributed by atoms with Crippen molar-refractivity contribution in [3.63, 3.8) is 0 Å². The summed E-state index contributed by atoms with van der Waals surface area (Å²) in [6, 6.07) is 28.4. The Kier molecular flexibility index (Phi) is 17.5. The third-order valence-electron chi connectivity index (χ3n) is 14.7. The fourth-order valence-corrected chi connectivity index (χ4v) is 10.8. The van der Waals surface area contributed by atoms with Crippen LogP contribution < -0.4 is 35.8 Å². The molecule has 2 fully saturated rings. The summed E-state index contributed by atoms with van der Waals surface area (Å²) in [6.07, 6.45) is 2.48. The van der Waals surface area contributed by atoms with Gasteiger partial charge in [-0.2, -0.15) is 0 Å². The third-order valence-corrected chi connectivity index (χ3v) is 14.7. The topological polar surface area (TPSA) is 216 Å². The molecule has 426 valence electrons. The zero-order chi connectivity index (χ0) is 56.7. The first-order valence-corrected chi connectivity index (χ1v) is 27.6. The van der Waals surface area contributed by atoms with E-state index in [0.717, 1.165) is 86.2 Å². The molecular formula is C60H74N8O12. The van der Waals surface area contributed by atoms with Crippen molar-refractivity contribution >= 4 is 45.4 Å². The fourth-order valence-electron chi connectivity index (χ4n) is 10.8. The average molecular weight is 1100 g/mol. The Morgan fingerprint density at radius 2 is 0.988 bits per heavy atom. The first kappa shape index (κ1) is 56.9. The Bertz CT molecular complexity index is 3310. The Balaban J connectivity index is 0.000000194. The van der Waals surface area contributed by atoms with Crippen molar-refractivity contribution in [3.05, 3.63) is 139 Å². The lowest BCUT2D eigenvalue weighted by atomic mass is 10.0. The van der Waals surface area contributed by atoms with Crippen molar-refractivity contribution in [1.29, 1.82) is 0 Å². The van der Waals surface area contributed by atoms with Gasteiger partial charge in [-0.3, -0.25) is 19.7 Å². The van der Waals surface area contributed by atoms with Gasteiger partial charge in [0.25, 0.3) is 16.8 Å². The van der Waals surface area contributed by atoms with Crippen molar-refractivity contribution in [2.75, 3.05) is 71.4 Å². The van der Waals surface area contributed by atoms with E-state index in [1.54, 1.807) is 33.4 Å². The summed E-state index contributed by atoms with van der Waals surface area (Å²) in [5.74, 6) is 2.83. The van der Waals surface area contributed by atoms with Crippen LogP contribution in [0, 0.1) is 10.1 Å². The summed E-state index contributed by atoms with van der Waals surface area (Å²) in [6.45, 7) is 19.6. The number of fused-ring (bicyclic) bond motifs is 4. The Morgan fingerprint density at radius 3 is 1.43 bits per heavy atom. The quantitative estimate of drug-likeness (QED) is 0.0649. The van der Waals surface area contributed by atoms with Crippen molar-refractivity contribution in [2.24, 2.45) is 0 Å². The molecule has 0 radical (unpaired) electrons. The highest BCUT2D eigenvalue weighted by Crippen LogP contribution is 2.34. The molecule has 2 amide bonds. The van der Waals surface area contributed by atoms with Crippen LogP contribution in [0.25, 0.3) is 21.8 Å². The first-order valence-electron chi connectivity index (χ1n) is 27.6. The highest BCUT2D eigenvalue weighted by molar-refractivity contribution is 5.90. The number of hydrogen-bond donors (Lipinski definition) is 1. The maximum Gasteiger partial charge on any atom is 0.410 e. The number of piperidine rings is 2. The van der Waals surface area contributed by atoms with Gasteiger partial charge in [0.05, 0.1) is 21.3 Å². The maximum absolute atomic E-state index is 13.3. The molecule has 20 heteroatoms. The van der Waals surface area contributed by atoms with Gasteiger partial charge in [-0.1, -0.05) is 24.3 Å². The Hall–Kier alpha value is -7.84. The van der Waals surface area contributed by atoms with Crippen molar-refractivity contribution in [3.8, 4) is 23.0 Å². The first-order chi connectivity index (χ1) is 38.3. The monoisotopic (exact) mass is 1100 g/mol. The summed E-state index contributed by atoms with van der Waals surface area (Å²) >= 11 is 0. The van der Waals surface area contributed by atoms with Gasteiger partial charge in [0.2, 0.25) is 0 Å². The predicted octanol–water partition coefficient (Wildman–Crippen LogP) is 8.84. The normalized spacial score (nSPS) is 16.1. The number of ether oxygens (including phenoxy) is 6. The second-order valence-electron chi connectivity index (χ2n) is 22.7. The molecule has 0 spiro atoms. The second-order valence-corrected chi connectivity index (χ2v) is 22.7. The van der Waals surface area contributed by atoms with Gasteiger partial charge in [0.1, 0.15) is 37.6 Å². The number of pyridine rings is 2. The van der Waals surface area contributed by atoms with Gasteiger partial charge in [0.15, 0.2) is 23.0 Å². The fraction of sp³-hybridized carbons (Fsp3) is 0.467. The number of likely N-dealkylation sites (tertiary alicyclic amines) is 2. The third kappa shape index (κ3) is 14.1. The lowest BCUT2D eigenvalue weighted by Gasteiger charge is -2.39. The molecule has 2 aromatic heterocycles. The lowest BCUT2D eigenvalue weighted by Crippen LogP contribution is -2.49. The van der Waals surface area contributed by atoms with Gasteiger partial charge >= 0.3 is 12.2 Å². The molecule has 6 aromatic rings. The number of benzene rings is 4. The molecule has 4 aliphatic rings. The molecule has 4 aliphatic heterocycles. The van der Waals surface area contributed by atoms with Crippen LogP contribution in [-0.4, -0.2) is 135 Å². The van der Waals surface area contributed by atoms with Crippen molar-refractivity contribution in [1.82, 2.24) is 28.7 Å². The number of aromatic nitrogens is 2. The molecule has 0 saturated carbocycles. The molecule has 4 aromatic carbocycles. The summed E-state index contributed by atoms with van der Waals surface area (Å²) in [5.41, 5.74) is 8.67. The maximum atomic E-state index is 13.3. The molecule has 2 saturated heterocycles. The Labute approximate surface area is 465 Å². The van der Waals surface area contributed by atoms with Crippen LogP contribution in [0.1, 0.15) is 78.4 Å². The van der Waals surface area contributed by atoms with Crippen LogP contribution >= 0.6 is 0 Å². The smallest absolute Gasteiger partial charge is 0.410 e. The highest BCUT2D eigenvalue weighted by Gasteiger charge is 2.34. The number of non-ortho nitro benzene ring substituents is 1. The van der Waals surface area contributed by atoms with E-state index in [4.69, 9.17) is 34.2 Å². The van der Waals surface area contributed by atoms with Gasteiger partial charge < -0.3 is 62.9 Å². The minimum absolute atomic E-state index is 0.0164. The van der Waals surface area contributed by atoms with E-state index >= 15 is 0 Å². The lowest BCUT2D eigenvalue weighted by molar-refractivity contribution is -0.383. The number of nitro benzene ring substituents is 1. The number of nitrogens with zero attached hydrogens (tertiary/aromatic N) is 7. The molecule has 20 nitrogen and oxygen atoms in total. The van der Waals surface area contributed by atoms with Crippen LogP contribution in [0.3, 0.4) is 0 Å². The molecule has 2 N–H and O–H groups in total. The number of amides is 2. The molecular weight excluding hydrogens is 1020 g/mol. The average Bonchev–Trinajstić information content (AvgIpc) is 3.48. The largest absolute Gasteiger partial charge is 0.486 e. The molecule has 0 bridgehead atoms. The summed E-state index contributed by atoms with van der Waals surface area (Å²) in [5, 5.41) is 12.8. The zero-order valence-corrected chi connectivity index (χ0v) is 46.7. The number of nitro groups is 1. The minimum Gasteiger partial charge on any atom is -0.486 e. The number of anilines is 1. The number of nitrogens with two attached hydrogens (primary N) is 1. The number of hydrogen-bond acceptors (Lipinski definition) is 15. The predicted molar refractivity (Wildman–Crippen MR) is 305 cm³/mol. The van der Waals surface area contributed by atoms with E-state index in [2.05, 4.69) is 9.80 Å². The van der Waals surface area contributed by atoms with Gasteiger partial charge in [0, 0.05) is 107 Å². The van der Waals surface area contributed by atoms with Crippen LogP contribution in [0.2, 0.25) is 0 Å². The van der Waals surface area contributed by atoms with Crippen molar-refractivity contribution < 1.29 is 42.9 Å². The van der Waals surface area contributed by atoms with E-state index in [1.165, 1.54) is 18.2 Å². The van der Waals surface area contributed by atoms with Gasteiger partial charge in [-0.15, -0.1) is 0 Å². The molecule has 80 heavy (non-hydrogen) atoms. The number of nitrogen functional groups attached to an aromatic ring is 1. The zero-order valence-electron chi connectivity index (χ0n) is 46.7.